The molecule has 24 heavy (non-hydrogen) atoms. The maximum Gasteiger partial charge on any atom is 0.0734 e. The van der Waals surface area contributed by atoms with Crippen molar-refractivity contribution in [3.8, 4) is 0 Å². The van der Waals surface area contributed by atoms with Crippen LogP contribution in [0.4, 0.5) is 0 Å². The van der Waals surface area contributed by atoms with Gasteiger partial charge in [-0.2, -0.15) is 0 Å². The van der Waals surface area contributed by atoms with Gasteiger partial charge in [0.2, 0.25) is 0 Å². The van der Waals surface area contributed by atoms with E-state index in [0.717, 1.165) is 0 Å². The fourth-order valence-corrected chi connectivity index (χ4v) is 6.49. The molecule has 0 saturated carbocycles. The van der Waals surface area contributed by atoms with E-state index in [0.29, 0.717) is 0 Å². The molecule has 0 bridgehead atoms. The van der Waals surface area contributed by atoms with Gasteiger partial charge in [-0.05, 0) is 47.2 Å². The highest BCUT2D eigenvalue weighted by atomic mass is 127. The molecular weight excluding hydrogens is 522 g/mol. The molecule has 3 aromatic carbocycles. The Balaban J connectivity index is 2.21. The van der Waals surface area contributed by atoms with E-state index in [4.69, 9.17) is 0 Å². The summed E-state index contributed by atoms with van der Waals surface area (Å²) >= 11 is 4.98. The molecule has 0 fully saturated rings. The molecule has 0 spiro atoms. The predicted molar refractivity (Wildman–Crippen MR) is 120 cm³/mol. The third kappa shape index (κ3) is 1.71. The van der Waals surface area contributed by atoms with E-state index in [1.54, 1.807) is 0 Å². The number of hydrogen-bond acceptors (Lipinski definition) is 0. The fourth-order valence-electron chi connectivity index (χ4n) is 4.07. The number of nitrogens with zero attached hydrogens (tertiary/aromatic N) is 2. The molecule has 0 amide bonds. The number of fused-ring (bicyclic) bond motifs is 6. The highest BCUT2D eigenvalue weighted by molar-refractivity contribution is 14.1. The normalized spacial score (nSPS) is 12.2. The Morgan fingerprint density at radius 1 is 0.792 bits per heavy atom. The predicted octanol–water partition coefficient (Wildman–Crippen LogP) is 6.55. The lowest BCUT2D eigenvalue weighted by Gasteiger charge is -2.08. The number of para-hydroxylation sites is 2. The Hall–Kier alpha value is -1.28. The molecule has 4 heteroatoms. The van der Waals surface area contributed by atoms with Crippen LogP contribution in [0, 0.1) is 10.5 Å². The first-order chi connectivity index (χ1) is 11.6. The van der Waals surface area contributed by atoms with Gasteiger partial charge in [-0.1, -0.05) is 36.4 Å². The van der Waals surface area contributed by atoms with Crippen LogP contribution in [-0.4, -0.2) is 7.35 Å². The Kier molecular flexibility index (Phi) is 3.20. The Labute approximate surface area is 167 Å². The van der Waals surface area contributed by atoms with E-state index in [2.05, 4.69) is 115 Å². The maximum atomic E-state index is 2.54. The van der Waals surface area contributed by atoms with Crippen LogP contribution in [0.15, 0.2) is 48.5 Å². The number of aryl methyl sites for hydroxylation is 2. The molecule has 0 aliphatic rings. The standard InChI is InChI=1S/C20H14I2N2/c1-11-16-13-8-4-6-10-15(13)24(22)20(16)18(21)17-12-7-3-5-9-14(12)23(2)19(11)17/h3-10H,1-2H3. The van der Waals surface area contributed by atoms with Gasteiger partial charge in [-0.25, -0.2) is 0 Å². The van der Waals surface area contributed by atoms with Crippen LogP contribution in [0.25, 0.3) is 43.6 Å². The molecule has 5 aromatic rings. The highest BCUT2D eigenvalue weighted by Gasteiger charge is 2.21. The molecule has 118 valence electrons. The van der Waals surface area contributed by atoms with Crippen LogP contribution < -0.4 is 0 Å². The van der Waals surface area contributed by atoms with Crippen molar-refractivity contribution < 1.29 is 0 Å². The van der Waals surface area contributed by atoms with Crippen molar-refractivity contribution in [3.63, 3.8) is 0 Å². The number of halogens is 2. The fraction of sp³-hybridized carbons (Fsp3) is 0.100. The van der Waals surface area contributed by atoms with Crippen LogP contribution in [0.2, 0.25) is 0 Å². The third-order valence-corrected chi connectivity index (χ3v) is 7.14. The summed E-state index contributed by atoms with van der Waals surface area (Å²) in [5.74, 6) is 0. The topological polar surface area (TPSA) is 9.86 Å². The van der Waals surface area contributed by atoms with Gasteiger partial charge in [0, 0.05) is 37.7 Å². The second-order valence-corrected chi connectivity index (χ2v) is 8.30. The minimum Gasteiger partial charge on any atom is -0.343 e. The van der Waals surface area contributed by atoms with Crippen molar-refractivity contribution in [2.45, 2.75) is 6.92 Å². The first-order valence-corrected chi connectivity index (χ1v) is 9.90. The molecule has 5 rings (SSSR count). The van der Waals surface area contributed by atoms with Gasteiger partial charge in [-0.3, -0.25) is 2.78 Å². The van der Waals surface area contributed by atoms with Gasteiger partial charge in [0.05, 0.1) is 39.4 Å². The van der Waals surface area contributed by atoms with Gasteiger partial charge < -0.3 is 4.57 Å². The summed E-state index contributed by atoms with van der Waals surface area (Å²) in [7, 11) is 2.18. The summed E-state index contributed by atoms with van der Waals surface area (Å²) in [6.07, 6.45) is 0. The largest absolute Gasteiger partial charge is 0.343 e. The molecular formula is C20H14I2N2. The SMILES string of the molecule is Cc1c2c3ccccc3n(I)c2c(I)c2c3ccccc3n(C)c12. The summed E-state index contributed by atoms with van der Waals surface area (Å²) in [6, 6.07) is 17.4. The summed E-state index contributed by atoms with van der Waals surface area (Å²) in [6.45, 7) is 2.27. The number of aromatic nitrogens is 2. The minimum atomic E-state index is 1.29. The van der Waals surface area contributed by atoms with E-state index >= 15 is 0 Å². The Morgan fingerprint density at radius 2 is 1.38 bits per heavy atom. The molecule has 0 unspecified atom stereocenters. The first kappa shape index (κ1) is 15.0. The van der Waals surface area contributed by atoms with Gasteiger partial charge in [0.25, 0.3) is 0 Å². The monoisotopic (exact) mass is 536 g/mol. The average Bonchev–Trinajstić information content (AvgIpc) is 3.07. The lowest BCUT2D eigenvalue weighted by molar-refractivity contribution is 1.01. The van der Waals surface area contributed by atoms with Crippen molar-refractivity contribution in [1.82, 2.24) is 7.35 Å². The Morgan fingerprint density at radius 3 is 2.08 bits per heavy atom. The number of hydrogen-bond donors (Lipinski definition) is 0. The second-order valence-electron chi connectivity index (χ2n) is 6.26. The first-order valence-electron chi connectivity index (χ1n) is 7.85. The number of benzene rings is 3. The molecule has 0 aliphatic carbocycles. The molecule has 2 nitrogen and oxygen atoms in total. The van der Waals surface area contributed by atoms with E-state index < -0.39 is 0 Å². The van der Waals surface area contributed by atoms with Crippen LogP contribution >= 0.6 is 45.5 Å². The van der Waals surface area contributed by atoms with Crippen LogP contribution in [0.5, 0.6) is 0 Å². The van der Waals surface area contributed by atoms with Gasteiger partial charge in [-0.15, -0.1) is 0 Å². The van der Waals surface area contributed by atoms with Gasteiger partial charge >= 0.3 is 0 Å². The zero-order valence-electron chi connectivity index (χ0n) is 13.3. The van der Waals surface area contributed by atoms with Crippen molar-refractivity contribution in [1.29, 1.82) is 0 Å². The molecule has 0 aliphatic heterocycles. The van der Waals surface area contributed by atoms with Crippen LogP contribution in [0.3, 0.4) is 0 Å². The quantitative estimate of drug-likeness (QED) is 0.199. The van der Waals surface area contributed by atoms with E-state index in [1.807, 2.05) is 0 Å². The van der Waals surface area contributed by atoms with Crippen LogP contribution in [-0.2, 0) is 7.05 Å². The average molecular weight is 536 g/mol. The van der Waals surface area contributed by atoms with E-state index in [1.165, 1.54) is 52.7 Å². The summed E-state index contributed by atoms with van der Waals surface area (Å²) in [4.78, 5) is 0. The molecule has 0 saturated heterocycles. The lowest BCUT2D eigenvalue weighted by atomic mass is 10.0. The zero-order valence-corrected chi connectivity index (χ0v) is 17.6. The molecule has 0 N–H and O–H groups in total. The van der Waals surface area contributed by atoms with E-state index in [9.17, 15) is 0 Å². The maximum absolute atomic E-state index is 2.54. The van der Waals surface area contributed by atoms with Crippen molar-refractivity contribution in [3.05, 3.63) is 57.7 Å². The van der Waals surface area contributed by atoms with Gasteiger partial charge in [0.15, 0.2) is 0 Å². The Bertz CT molecular complexity index is 1190. The van der Waals surface area contributed by atoms with E-state index in [-0.39, 0.29) is 0 Å². The summed E-state index contributed by atoms with van der Waals surface area (Å²) in [5, 5.41) is 5.43. The highest BCUT2D eigenvalue weighted by Crippen LogP contribution is 2.43. The number of rotatable bonds is 0. The van der Waals surface area contributed by atoms with Crippen molar-refractivity contribution >= 4 is 89.1 Å². The molecule has 0 radical (unpaired) electrons. The van der Waals surface area contributed by atoms with Gasteiger partial charge in [0.1, 0.15) is 0 Å². The van der Waals surface area contributed by atoms with Crippen molar-refractivity contribution in [2.75, 3.05) is 0 Å². The minimum absolute atomic E-state index is 1.29. The van der Waals surface area contributed by atoms with Crippen LogP contribution in [0.1, 0.15) is 5.56 Å². The molecule has 2 heterocycles. The molecule has 2 aromatic heterocycles. The summed E-state index contributed by atoms with van der Waals surface area (Å²) < 4.78 is 6.00. The lowest BCUT2D eigenvalue weighted by Crippen LogP contribution is -1.92. The molecule has 0 atom stereocenters. The second kappa shape index (κ2) is 5.11. The smallest absolute Gasteiger partial charge is 0.0734 e. The zero-order chi connectivity index (χ0) is 16.6. The van der Waals surface area contributed by atoms with Crippen molar-refractivity contribution in [2.24, 2.45) is 7.05 Å². The summed E-state index contributed by atoms with van der Waals surface area (Å²) in [5.41, 5.74) is 6.63. The third-order valence-electron chi connectivity index (χ3n) is 5.08.